The van der Waals surface area contributed by atoms with Crippen LogP contribution < -0.4 is 15.8 Å². The Labute approximate surface area is 265 Å². The molecule has 1 saturated heterocycles. The van der Waals surface area contributed by atoms with Gasteiger partial charge in [-0.25, -0.2) is 9.78 Å². The van der Waals surface area contributed by atoms with E-state index in [9.17, 15) is 27.6 Å². The molecule has 2 amide bonds. The topological polar surface area (TPSA) is 145 Å². The fraction of sp³-hybridized carbons (Fsp3) is 0.500. The summed E-state index contributed by atoms with van der Waals surface area (Å²) in [7, 11) is 0. The first kappa shape index (κ1) is 32.8. The molecule has 1 fully saturated rings. The molecule has 0 saturated carbocycles. The number of anilines is 2. The zero-order valence-electron chi connectivity index (χ0n) is 25.5. The molecular formula is C28H32ClF3N8O6. The van der Waals surface area contributed by atoms with Gasteiger partial charge in [-0.2, -0.15) is 22.7 Å². The molecule has 0 aromatic carbocycles. The molecule has 5 heterocycles. The van der Waals surface area contributed by atoms with Crippen LogP contribution in [0.1, 0.15) is 44.9 Å². The van der Waals surface area contributed by atoms with E-state index in [1.54, 1.807) is 32.6 Å². The van der Waals surface area contributed by atoms with Crippen LogP contribution in [0, 0.1) is 0 Å². The molecule has 3 aromatic rings. The molecule has 1 N–H and O–H groups in total. The Morgan fingerprint density at radius 2 is 1.80 bits per heavy atom. The molecular weight excluding hydrogens is 637 g/mol. The largest absolute Gasteiger partial charge is 0.494 e. The molecule has 0 unspecified atom stereocenters. The van der Waals surface area contributed by atoms with Crippen molar-refractivity contribution < 1.29 is 37.0 Å². The number of nitrogens with zero attached hydrogens (tertiary/aromatic N) is 7. The number of nitrogens with one attached hydrogen (secondary N) is 1. The van der Waals surface area contributed by atoms with E-state index >= 15 is 0 Å². The van der Waals surface area contributed by atoms with Crippen molar-refractivity contribution in [1.29, 1.82) is 0 Å². The standard InChI is InChI=1S/C28H32ClF3N8O6/c1-5-17-21(37-8-10-38(11-9-37)26(43)46-27(2,3)4)24(42)40-25(35-23(36-40)18-15-44-12-13-45-18)39(17)14-20(41)33-16-6-7-19(28(30,31)32)34-22(16)29/h6-7,15H,5,8-14H2,1-4H3,(H,33,41). The molecule has 0 spiro atoms. The van der Waals surface area contributed by atoms with Crippen molar-refractivity contribution in [3.05, 3.63) is 51.1 Å². The van der Waals surface area contributed by atoms with Gasteiger partial charge in [0.05, 0.1) is 11.4 Å². The molecule has 14 nitrogen and oxygen atoms in total. The lowest BCUT2D eigenvalue weighted by Crippen LogP contribution is -2.51. The average Bonchev–Trinajstić information content (AvgIpc) is 3.45. The molecule has 2 aliphatic rings. The minimum absolute atomic E-state index is 0.0230. The number of halogens is 4. The molecule has 0 radical (unpaired) electrons. The maximum absolute atomic E-state index is 14.0. The van der Waals surface area contributed by atoms with E-state index in [1.807, 2.05) is 4.90 Å². The highest BCUT2D eigenvalue weighted by Crippen LogP contribution is 2.31. The van der Waals surface area contributed by atoms with Crippen molar-refractivity contribution in [2.75, 3.05) is 49.6 Å². The van der Waals surface area contributed by atoms with Gasteiger partial charge in [0, 0.05) is 26.2 Å². The van der Waals surface area contributed by atoms with Gasteiger partial charge in [0.15, 0.2) is 5.15 Å². The highest BCUT2D eigenvalue weighted by atomic mass is 35.5. The van der Waals surface area contributed by atoms with Gasteiger partial charge < -0.3 is 33.9 Å². The summed E-state index contributed by atoms with van der Waals surface area (Å²) in [6, 6.07) is 1.71. The number of aromatic nitrogens is 5. The third-order valence-electron chi connectivity index (χ3n) is 6.99. The van der Waals surface area contributed by atoms with Gasteiger partial charge in [-0.15, -0.1) is 5.10 Å². The number of alkyl halides is 3. The van der Waals surface area contributed by atoms with Crippen molar-refractivity contribution in [3.8, 4) is 0 Å². The lowest BCUT2D eigenvalue weighted by atomic mass is 10.2. The highest BCUT2D eigenvalue weighted by Gasteiger charge is 2.34. The maximum atomic E-state index is 14.0. The van der Waals surface area contributed by atoms with Gasteiger partial charge in [0.25, 0.3) is 5.56 Å². The first-order chi connectivity index (χ1) is 21.7. The quantitative estimate of drug-likeness (QED) is 0.387. The van der Waals surface area contributed by atoms with E-state index in [1.165, 1.54) is 10.8 Å². The Morgan fingerprint density at radius 3 is 2.39 bits per heavy atom. The van der Waals surface area contributed by atoms with Gasteiger partial charge in [-0.05, 0) is 39.3 Å². The van der Waals surface area contributed by atoms with Gasteiger partial charge in [0.1, 0.15) is 43.0 Å². The summed E-state index contributed by atoms with van der Waals surface area (Å²) < 4.78 is 58.2. The van der Waals surface area contributed by atoms with Crippen molar-refractivity contribution in [3.63, 3.8) is 0 Å². The van der Waals surface area contributed by atoms with Crippen LogP contribution in [-0.4, -0.2) is 86.0 Å². The van der Waals surface area contributed by atoms with Gasteiger partial charge in [-0.3, -0.25) is 9.59 Å². The predicted molar refractivity (Wildman–Crippen MR) is 159 cm³/mol. The number of rotatable bonds is 6. The zero-order chi connectivity index (χ0) is 33.4. The molecule has 3 aromatic heterocycles. The number of piperazine rings is 1. The Hall–Kier alpha value is -4.54. The first-order valence-electron chi connectivity index (χ1n) is 14.4. The van der Waals surface area contributed by atoms with Crippen LogP contribution in [0.2, 0.25) is 5.15 Å². The smallest absolute Gasteiger partial charge is 0.433 e. The van der Waals surface area contributed by atoms with E-state index in [2.05, 4.69) is 20.4 Å². The number of ether oxygens (including phenoxy) is 3. The maximum Gasteiger partial charge on any atom is 0.433 e. The molecule has 46 heavy (non-hydrogen) atoms. The number of pyridine rings is 1. The second kappa shape index (κ2) is 12.7. The van der Waals surface area contributed by atoms with E-state index in [0.29, 0.717) is 18.4 Å². The summed E-state index contributed by atoms with van der Waals surface area (Å²) in [6.07, 6.45) is -3.57. The van der Waals surface area contributed by atoms with Crippen molar-refractivity contribution in [1.82, 2.24) is 29.0 Å². The molecule has 0 aliphatic carbocycles. The number of fused-ring (bicyclic) bond motifs is 1. The monoisotopic (exact) mass is 668 g/mol. The summed E-state index contributed by atoms with van der Waals surface area (Å²) in [5, 5.41) is 6.31. The molecule has 248 valence electrons. The van der Waals surface area contributed by atoms with Gasteiger partial charge in [0.2, 0.25) is 23.3 Å². The number of carbonyl (C=O) groups is 2. The third-order valence-corrected chi connectivity index (χ3v) is 7.28. The molecule has 2 aliphatic heterocycles. The minimum atomic E-state index is -4.72. The highest BCUT2D eigenvalue weighted by molar-refractivity contribution is 6.32. The van der Waals surface area contributed by atoms with Crippen LogP contribution in [0.3, 0.4) is 0 Å². The summed E-state index contributed by atoms with van der Waals surface area (Å²) in [5.41, 5.74) is -1.80. The zero-order valence-corrected chi connectivity index (χ0v) is 26.2. The minimum Gasteiger partial charge on any atom is -0.494 e. The van der Waals surface area contributed by atoms with Crippen molar-refractivity contribution in [2.45, 2.75) is 52.4 Å². The summed E-state index contributed by atoms with van der Waals surface area (Å²) in [4.78, 5) is 51.2. The van der Waals surface area contributed by atoms with E-state index in [4.69, 9.17) is 25.8 Å². The fourth-order valence-corrected chi connectivity index (χ4v) is 5.18. The Balaban J connectivity index is 1.51. The van der Waals surface area contributed by atoms with E-state index in [-0.39, 0.29) is 67.9 Å². The predicted octanol–water partition coefficient (Wildman–Crippen LogP) is 3.56. The Bertz CT molecular complexity index is 1740. The lowest BCUT2D eigenvalue weighted by molar-refractivity contribution is -0.141. The normalized spacial score (nSPS) is 15.7. The van der Waals surface area contributed by atoms with Crippen molar-refractivity contribution in [2.24, 2.45) is 0 Å². The third kappa shape index (κ3) is 6.98. The van der Waals surface area contributed by atoms with Crippen molar-refractivity contribution >= 4 is 46.5 Å². The van der Waals surface area contributed by atoms with Crippen LogP contribution in [-0.2, 0) is 38.1 Å². The van der Waals surface area contributed by atoms with Crippen LogP contribution in [0.5, 0.6) is 0 Å². The van der Waals surface area contributed by atoms with Crippen LogP contribution in [0.15, 0.2) is 23.2 Å². The van der Waals surface area contributed by atoms with Crippen LogP contribution in [0.4, 0.5) is 29.3 Å². The van der Waals surface area contributed by atoms with Gasteiger partial charge in [-0.1, -0.05) is 18.5 Å². The summed E-state index contributed by atoms with van der Waals surface area (Å²) in [6.45, 7) is 8.40. The fourth-order valence-electron chi connectivity index (χ4n) is 4.98. The second-order valence-electron chi connectivity index (χ2n) is 11.4. The number of carbonyl (C=O) groups excluding carboxylic acids is 2. The number of hydrogen-bond donors (Lipinski definition) is 1. The second-order valence-corrected chi connectivity index (χ2v) is 11.8. The van der Waals surface area contributed by atoms with Crippen LogP contribution in [0.25, 0.3) is 11.5 Å². The summed E-state index contributed by atoms with van der Waals surface area (Å²) in [5.74, 6) is -0.409. The van der Waals surface area contributed by atoms with Crippen LogP contribution >= 0.6 is 11.6 Å². The lowest BCUT2D eigenvalue weighted by Gasteiger charge is -2.37. The molecule has 0 bridgehead atoms. The average molecular weight is 669 g/mol. The Kier molecular flexibility index (Phi) is 9.06. The van der Waals surface area contributed by atoms with E-state index in [0.717, 1.165) is 10.6 Å². The SMILES string of the molecule is CCc1c(N2CCN(C(=O)OC(C)(C)C)CC2)c(=O)n2nc(C3=COCCO3)nc2n1CC(=O)Nc1ccc(C(F)(F)F)nc1Cl. The number of hydrogen-bond acceptors (Lipinski definition) is 10. The summed E-state index contributed by atoms with van der Waals surface area (Å²) >= 11 is 5.97. The first-order valence-corrected chi connectivity index (χ1v) is 14.8. The number of amides is 2. The Morgan fingerprint density at radius 1 is 1.09 bits per heavy atom. The molecule has 18 heteroatoms. The molecule has 5 rings (SSSR count). The van der Waals surface area contributed by atoms with E-state index < -0.39 is 46.7 Å². The molecule has 0 atom stereocenters. The van der Waals surface area contributed by atoms with Gasteiger partial charge >= 0.3 is 12.3 Å².